The zero-order valence-corrected chi connectivity index (χ0v) is 14.6. The van der Waals surface area contributed by atoms with Crippen LogP contribution in [0.1, 0.15) is 73.6 Å². The number of nitrogens with one attached hydrogen (secondary N) is 1. The summed E-state index contributed by atoms with van der Waals surface area (Å²) < 4.78 is 0. The first kappa shape index (κ1) is 18.0. The molecule has 21 heavy (non-hydrogen) atoms. The van der Waals surface area contributed by atoms with Crippen LogP contribution in [-0.2, 0) is 9.59 Å². The summed E-state index contributed by atoms with van der Waals surface area (Å²) in [5.41, 5.74) is -0.921. The molecule has 0 bridgehead atoms. The van der Waals surface area contributed by atoms with Crippen LogP contribution in [0.4, 0.5) is 0 Å². The van der Waals surface area contributed by atoms with Crippen molar-refractivity contribution in [2.75, 3.05) is 6.54 Å². The third-order valence-corrected chi connectivity index (χ3v) is 4.75. The maximum atomic E-state index is 13.0. The van der Waals surface area contributed by atoms with Crippen molar-refractivity contribution in [3.05, 3.63) is 0 Å². The molecule has 4 heteroatoms. The molecule has 0 radical (unpaired) electrons. The molecule has 1 aliphatic rings. The van der Waals surface area contributed by atoms with E-state index in [9.17, 15) is 9.59 Å². The molecule has 1 heterocycles. The second-order valence-electron chi connectivity index (χ2n) is 7.21. The van der Waals surface area contributed by atoms with Gasteiger partial charge in [-0.2, -0.15) is 0 Å². The van der Waals surface area contributed by atoms with Crippen molar-refractivity contribution in [3.63, 3.8) is 0 Å². The first-order valence-corrected chi connectivity index (χ1v) is 8.37. The molecule has 4 nitrogen and oxygen atoms in total. The summed E-state index contributed by atoms with van der Waals surface area (Å²) in [5, 5.41) is 2.99. The lowest BCUT2D eigenvalue weighted by atomic mass is 9.79. The van der Waals surface area contributed by atoms with Crippen molar-refractivity contribution < 1.29 is 9.59 Å². The molecule has 1 aliphatic heterocycles. The van der Waals surface area contributed by atoms with Crippen molar-refractivity contribution in [2.24, 2.45) is 5.41 Å². The standard InChI is InChI=1S/C17H32N2O2/c1-7-10-11-12-19-14(20)13(16(4,5)6)18-15(21)17(19,8-2)9-3/h13H,7-12H2,1-6H3,(H,18,21). The predicted octanol–water partition coefficient (Wildman–Crippen LogP) is 3.11. The van der Waals surface area contributed by atoms with Gasteiger partial charge in [-0.15, -0.1) is 0 Å². The van der Waals surface area contributed by atoms with Gasteiger partial charge in [0.2, 0.25) is 11.8 Å². The minimum Gasteiger partial charge on any atom is -0.342 e. The Morgan fingerprint density at radius 2 is 1.67 bits per heavy atom. The number of hydrogen-bond acceptors (Lipinski definition) is 2. The maximum Gasteiger partial charge on any atom is 0.246 e. The summed E-state index contributed by atoms with van der Waals surface area (Å²) in [5.74, 6) is 0.102. The Bertz CT molecular complexity index is 381. The summed E-state index contributed by atoms with van der Waals surface area (Å²) in [7, 11) is 0. The first-order valence-electron chi connectivity index (χ1n) is 8.37. The van der Waals surface area contributed by atoms with E-state index in [4.69, 9.17) is 0 Å². The summed E-state index contributed by atoms with van der Waals surface area (Å²) in [6.07, 6.45) is 4.51. The van der Waals surface area contributed by atoms with Gasteiger partial charge in [0.15, 0.2) is 0 Å². The number of unbranched alkanes of at least 4 members (excludes halogenated alkanes) is 2. The molecule has 0 aliphatic carbocycles. The Morgan fingerprint density at radius 3 is 2.10 bits per heavy atom. The number of nitrogens with zero attached hydrogens (tertiary/aromatic N) is 1. The van der Waals surface area contributed by atoms with Gasteiger partial charge in [0, 0.05) is 6.54 Å². The van der Waals surface area contributed by atoms with Crippen molar-refractivity contribution in [1.82, 2.24) is 10.2 Å². The summed E-state index contributed by atoms with van der Waals surface area (Å²) in [6.45, 7) is 12.9. The number of carbonyl (C=O) groups excluding carboxylic acids is 2. The van der Waals surface area contributed by atoms with Gasteiger partial charge in [-0.1, -0.05) is 54.4 Å². The molecule has 122 valence electrons. The lowest BCUT2D eigenvalue weighted by Gasteiger charge is -2.50. The lowest BCUT2D eigenvalue weighted by molar-refractivity contribution is -0.161. The van der Waals surface area contributed by atoms with E-state index >= 15 is 0 Å². The smallest absolute Gasteiger partial charge is 0.246 e. The number of hydrogen-bond donors (Lipinski definition) is 1. The van der Waals surface area contributed by atoms with Crippen LogP contribution >= 0.6 is 0 Å². The van der Waals surface area contributed by atoms with Gasteiger partial charge in [-0.25, -0.2) is 0 Å². The maximum absolute atomic E-state index is 13.0. The van der Waals surface area contributed by atoms with Crippen LogP contribution in [0.25, 0.3) is 0 Å². The number of rotatable bonds is 6. The van der Waals surface area contributed by atoms with E-state index in [0.29, 0.717) is 19.4 Å². The van der Waals surface area contributed by atoms with Gasteiger partial charge in [-0.05, 0) is 24.7 Å². The highest BCUT2D eigenvalue weighted by molar-refractivity contribution is 6.00. The summed E-state index contributed by atoms with van der Waals surface area (Å²) >= 11 is 0. The van der Waals surface area contributed by atoms with Crippen molar-refractivity contribution in [3.8, 4) is 0 Å². The fourth-order valence-electron chi connectivity index (χ4n) is 3.20. The molecular weight excluding hydrogens is 264 g/mol. The minimum absolute atomic E-state index is 0.0172. The summed E-state index contributed by atoms with van der Waals surface area (Å²) in [6, 6.07) is -0.419. The molecule has 0 saturated carbocycles. The molecule has 0 spiro atoms. The third kappa shape index (κ3) is 3.41. The quantitative estimate of drug-likeness (QED) is 0.766. The normalized spacial score (nSPS) is 22.4. The Kier molecular flexibility index (Phi) is 5.83. The van der Waals surface area contributed by atoms with E-state index in [1.165, 1.54) is 0 Å². The number of carbonyl (C=O) groups is 2. The van der Waals surface area contributed by atoms with E-state index in [2.05, 4.69) is 12.2 Å². The van der Waals surface area contributed by atoms with E-state index in [-0.39, 0.29) is 17.2 Å². The highest BCUT2D eigenvalue weighted by atomic mass is 16.2. The highest BCUT2D eigenvalue weighted by Gasteiger charge is 2.52. The second-order valence-corrected chi connectivity index (χ2v) is 7.21. The van der Waals surface area contributed by atoms with E-state index in [1.807, 2.05) is 39.5 Å². The average molecular weight is 296 g/mol. The SMILES string of the molecule is CCCCCN1C(=O)C(C(C)(C)C)NC(=O)C1(CC)CC. The van der Waals surface area contributed by atoms with Gasteiger partial charge < -0.3 is 10.2 Å². The van der Waals surface area contributed by atoms with E-state index in [1.54, 1.807) is 0 Å². The lowest BCUT2D eigenvalue weighted by Crippen LogP contribution is -2.72. The molecule has 1 N–H and O–H groups in total. The minimum atomic E-state index is -0.660. The van der Waals surface area contributed by atoms with Gasteiger partial charge in [0.05, 0.1) is 0 Å². The van der Waals surface area contributed by atoms with Crippen molar-refractivity contribution in [1.29, 1.82) is 0 Å². The molecule has 0 aromatic rings. The van der Waals surface area contributed by atoms with Gasteiger partial charge in [0.1, 0.15) is 11.6 Å². The largest absolute Gasteiger partial charge is 0.342 e. The van der Waals surface area contributed by atoms with Crippen LogP contribution in [0.5, 0.6) is 0 Å². The van der Waals surface area contributed by atoms with E-state index in [0.717, 1.165) is 19.3 Å². The van der Waals surface area contributed by atoms with Crippen LogP contribution in [0.2, 0.25) is 0 Å². The van der Waals surface area contributed by atoms with E-state index < -0.39 is 11.6 Å². The van der Waals surface area contributed by atoms with Crippen LogP contribution in [0.3, 0.4) is 0 Å². The molecule has 0 aromatic heterocycles. The number of piperazine rings is 1. The topological polar surface area (TPSA) is 49.4 Å². The van der Waals surface area contributed by atoms with Crippen LogP contribution in [0.15, 0.2) is 0 Å². The number of amides is 2. The molecule has 1 atom stereocenters. The highest BCUT2D eigenvalue weighted by Crippen LogP contribution is 2.33. The molecule has 1 unspecified atom stereocenters. The fraction of sp³-hybridized carbons (Fsp3) is 0.882. The second kappa shape index (κ2) is 6.80. The third-order valence-electron chi connectivity index (χ3n) is 4.75. The molecule has 1 fully saturated rings. The van der Waals surface area contributed by atoms with Crippen molar-refractivity contribution >= 4 is 11.8 Å². The van der Waals surface area contributed by atoms with Crippen molar-refractivity contribution in [2.45, 2.75) is 85.2 Å². The van der Waals surface area contributed by atoms with Crippen LogP contribution in [0, 0.1) is 5.41 Å². The monoisotopic (exact) mass is 296 g/mol. The molecule has 1 rings (SSSR count). The zero-order valence-electron chi connectivity index (χ0n) is 14.6. The molecule has 2 amide bonds. The van der Waals surface area contributed by atoms with Gasteiger partial charge in [0.25, 0.3) is 0 Å². The summed E-state index contributed by atoms with van der Waals surface area (Å²) in [4.78, 5) is 27.5. The Balaban J connectivity index is 3.11. The van der Waals surface area contributed by atoms with Gasteiger partial charge >= 0.3 is 0 Å². The molecule has 0 aromatic carbocycles. The van der Waals surface area contributed by atoms with Gasteiger partial charge in [-0.3, -0.25) is 9.59 Å². The Labute approximate surface area is 129 Å². The molecular formula is C17H32N2O2. The fourth-order valence-corrected chi connectivity index (χ4v) is 3.20. The van der Waals surface area contributed by atoms with Crippen LogP contribution in [-0.4, -0.2) is 34.8 Å². The Hall–Kier alpha value is -1.06. The average Bonchev–Trinajstić information content (AvgIpc) is 2.42. The van der Waals surface area contributed by atoms with Crippen LogP contribution < -0.4 is 5.32 Å². The first-order chi connectivity index (χ1) is 9.74. The Morgan fingerprint density at radius 1 is 1.10 bits per heavy atom. The molecule has 1 saturated heterocycles. The predicted molar refractivity (Wildman–Crippen MR) is 85.9 cm³/mol. The zero-order chi connectivity index (χ0) is 16.3.